The van der Waals surface area contributed by atoms with Gasteiger partial charge in [-0.2, -0.15) is 0 Å². The first-order valence-corrected chi connectivity index (χ1v) is 4.25. The summed E-state index contributed by atoms with van der Waals surface area (Å²) in [6.45, 7) is 2.94. The maximum Gasteiger partial charge on any atom is 0.0672 e. The number of likely N-dealkylation sites (tertiary alicyclic amines) is 1. The first kappa shape index (κ1) is 6.40. The Balaban J connectivity index is 2.01. The lowest BCUT2D eigenvalue weighted by atomic mass is 9.87. The molecular weight excluding hydrogens is 140 g/mol. The molecule has 0 amide bonds. The number of nitrogens with zero attached hydrogens (tertiary/aromatic N) is 1. The molecule has 3 heteroatoms. The summed E-state index contributed by atoms with van der Waals surface area (Å²) >= 11 is 0. The van der Waals surface area contributed by atoms with Gasteiger partial charge in [-0.3, -0.25) is 0 Å². The maximum absolute atomic E-state index is 6.26. The van der Waals surface area contributed by atoms with Gasteiger partial charge < -0.3 is 15.4 Å². The van der Waals surface area contributed by atoms with Gasteiger partial charge in [0, 0.05) is 18.5 Å². The van der Waals surface area contributed by atoms with E-state index in [9.17, 15) is 0 Å². The van der Waals surface area contributed by atoms with E-state index >= 15 is 0 Å². The first-order chi connectivity index (χ1) is 5.16. The Morgan fingerprint density at radius 3 is 3.00 bits per heavy atom. The second-order valence-corrected chi connectivity index (χ2v) is 4.49. The van der Waals surface area contributed by atoms with Crippen molar-refractivity contribution in [3.63, 3.8) is 0 Å². The molecule has 0 bridgehead atoms. The second kappa shape index (κ2) is 1.49. The molecule has 3 nitrogen and oxygen atoms in total. The summed E-state index contributed by atoms with van der Waals surface area (Å²) in [6.07, 6.45) is 1.70. The molecule has 2 aliphatic heterocycles. The van der Waals surface area contributed by atoms with Crippen molar-refractivity contribution in [2.45, 2.75) is 18.1 Å². The molecular formula is C8H14N2O. The molecule has 62 valence electrons. The van der Waals surface area contributed by atoms with Crippen molar-refractivity contribution >= 4 is 0 Å². The molecule has 2 saturated heterocycles. The fraction of sp³-hybridized carbons (Fsp3) is 1.00. The fourth-order valence-corrected chi connectivity index (χ4v) is 2.95. The number of hydrogen-bond acceptors (Lipinski definition) is 3. The van der Waals surface area contributed by atoms with Crippen LogP contribution in [0.5, 0.6) is 0 Å². The molecule has 3 atom stereocenters. The smallest absolute Gasteiger partial charge is 0.0672 e. The van der Waals surface area contributed by atoms with Gasteiger partial charge >= 0.3 is 0 Å². The summed E-state index contributed by atoms with van der Waals surface area (Å²) in [4.78, 5) is 2.34. The normalized spacial score (nSPS) is 61.1. The van der Waals surface area contributed by atoms with Crippen LogP contribution in [0.15, 0.2) is 0 Å². The van der Waals surface area contributed by atoms with Crippen molar-refractivity contribution in [3.8, 4) is 0 Å². The number of rotatable bonds is 0. The highest BCUT2D eigenvalue weighted by Crippen LogP contribution is 2.62. The van der Waals surface area contributed by atoms with Crippen molar-refractivity contribution in [2.24, 2.45) is 11.1 Å². The highest BCUT2D eigenvalue weighted by molar-refractivity contribution is 5.27. The van der Waals surface area contributed by atoms with E-state index in [0.29, 0.717) is 11.5 Å². The lowest BCUT2D eigenvalue weighted by molar-refractivity contribution is 0.122. The fourth-order valence-electron chi connectivity index (χ4n) is 2.95. The minimum Gasteiger partial charge on any atom is -0.376 e. The standard InChI is InChI=1S/C8H14N2O/c1-10-3-7-2-6(7)11-5-8(7,9)4-10/h6H,2-5,9H2,1H3/t6-,7-,8-/m0/s1. The van der Waals surface area contributed by atoms with Gasteiger partial charge in [0.15, 0.2) is 0 Å². The summed E-state index contributed by atoms with van der Waals surface area (Å²) < 4.78 is 5.58. The van der Waals surface area contributed by atoms with Crippen molar-refractivity contribution in [1.29, 1.82) is 0 Å². The van der Waals surface area contributed by atoms with Crippen LogP contribution < -0.4 is 5.73 Å². The van der Waals surface area contributed by atoms with Crippen molar-refractivity contribution in [3.05, 3.63) is 0 Å². The van der Waals surface area contributed by atoms with Crippen LogP contribution in [0.3, 0.4) is 0 Å². The van der Waals surface area contributed by atoms with E-state index in [1.165, 1.54) is 6.42 Å². The zero-order valence-corrected chi connectivity index (χ0v) is 6.84. The van der Waals surface area contributed by atoms with Crippen LogP contribution in [0.1, 0.15) is 6.42 Å². The van der Waals surface area contributed by atoms with E-state index in [4.69, 9.17) is 10.5 Å². The zero-order chi connectivity index (χ0) is 7.69. The van der Waals surface area contributed by atoms with Gasteiger partial charge in [-0.1, -0.05) is 0 Å². The Morgan fingerprint density at radius 1 is 1.55 bits per heavy atom. The molecule has 3 fully saturated rings. The highest BCUT2D eigenvalue weighted by Gasteiger charge is 2.73. The molecule has 0 aromatic carbocycles. The Labute approximate surface area is 66.5 Å². The third kappa shape index (κ3) is 0.534. The SMILES string of the molecule is CN1C[C@]2(N)CO[C@H]3C[C@]32C1. The van der Waals surface area contributed by atoms with Gasteiger partial charge in [0.25, 0.3) is 0 Å². The quantitative estimate of drug-likeness (QED) is 0.507. The Morgan fingerprint density at radius 2 is 2.36 bits per heavy atom. The van der Waals surface area contributed by atoms with Crippen LogP contribution in [-0.4, -0.2) is 43.3 Å². The van der Waals surface area contributed by atoms with Gasteiger partial charge in [-0.05, 0) is 13.5 Å². The monoisotopic (exact) mass is 154 g/mol. The number of likely N-dealkylation sites (N-methyl/N-ethyl adjacent to an activating group) is 1. The number of ether oxygens (including phenoxy) is 1. The molecule has 11 heavy (non-hydrogen) atoms. The molecule has 2 N–H and O–H groups in total. The zero-order valence-electron chi connectivity index (χ0n) is 6.84. The predicted molar refractivity (Wildman–Crippen MR) is 41.2 cm³/mol. The Kier molecular flexibility index (Phi) is 0.866. The van der Waals surface area contributed by atoms with E-state index in [1.54, 1.807) is 0 Å². The molecule has 0 unspecified atom stereocenters. The molecule has 1 aliphatic carbocycles. The van der Waals surface area contributed by atoms with Crippen LogP contribution in [0.2, 0.25) is 0 Å². The summed E-state index contributed by atoms with van der Waals surface area (Å²) in [5.74, 6) is 0. The minimum atomic E-state index is -0.00752. The number of nitrogens with two attached hydrogens (primary N) is 1. The topological polar surface area (TPSA) is 38.5 Å². The molecule has 3 rings (SSSR count). The van der Waals surface area contributed by atoms with Gasteiger partial charge in [-0.15, -0.1) is 0 Å². The Hall–Kier alpha value is -0.120. The Bertz CT molecular complexity index is 214. The maximum atomic E-state index is 6.26. The summed E-state index contributed by atoms with van der Waals surface area (Å²) in [6, 6.07) is 0. The van der Waals surface area contributed by atoms with E-state index in [2.05, 4.69) is 11.9 Å². The first-order valence-electron chi connectivity index (χ1n) is 4.25. The predicted octanol–water partition coefficient (Wildman–Crippen LogP) is -0.582. The van der Waals surface area contributed by atoms with Crippen LogP contribution >= 0.6 is 0 Å². The molecule has 1 spiro atoms. The van der Waals surface area contributed by atoms with Crippen molar-refractivity contribution < 1.29 is 4.74 Å². The summed E-state index contributed by atoms with van der Waals surface area (Å²) in [5.41, 5.74) is 6.62. The van der Waals surface area contributed by atoms with Gasteiger partial charge in [0.2, 0.25) is 0 Å². The van der Waals surface area contributed by atoms with Crippen LogP contribution in [-0.2, 0) is 4.74 Å². The minimum absolute atomic E-state index is 0.00752. The van der Waals surface area contributed by atoms with Crippen LogP contribution in [0.4, 0.5) is 0 Å². The molecule has 2 heterocycles. The average Bonchev–Trinajstić information content (AvgIpc) is 2.43. The van der Waals surface area contributed by atoms with Crippen molar-refractivity contribution in [1.82, 2.24) is 4.90 Å². The van der Waals surface area contributed by atoms with Gasteiger partial charge in [-0.25, -0.2) is 0 Å². The highest BCUT2D eigenvalue weighted by atomic mass is 16.5. The van der Waals surface area contributed by atoms with E-state index in [1.807, 2.05) is 0 Å². The second-order valence-electron chi connectivity index (χ2n) is 4.49. The van der Waals surface area contributed by atoms with E-state index in [-0.39, 0.29) is 5.54 Å². The van der Waals surface area contributed by atoms with E-state index < -0.39 is 0 Å². The summed E-state index contributed by atoms with van der Waals surface area (Å²) in [7, 11) is 2.15. The van der Waals surface area contributed by atoms with Crippen LogP contribution in [0.25, 0.3) is 0 Å². The third-order valence-electron chi connectivity index (χ3n) is 3.64. The van der Waals surface area contributed by atoms with Gasteiger partial charge in [0.05, 0.1) is 18.2 Å². The summed E-state index contributed by atoms with van der Waals surface area (Å²) in [5, 5.41) is 0. The molecule has 0 radical (unpaired) electrons. The molecule has 1 saturated carbocycles. The average molecular weight is 154 g/mol. The number of hydrogen-bond donors (Lipinski definition) is 1. The van der Waals surface area contributed by atoms with Crippen LogP contribution in [0, 0.1) is 5.41 Å². The van der Waals surface area contributed by atoms with Crippen molar-refractivity contribution in [2.75, 3.05) is 26.7 Å². The largest absolute Gasteiger partial charge is 0.376 e. The lowest BCUT2D eigenvalue weighted by Gasteiger charge is -2.23. The van der Waals surface area contributed by atoms with E-state index in [0.717, 1.165) is 19.7 Å². The lowest BCUT2D eigenvalue weighted by Crippen LogP contribution is -2.50. The molecule has 0 aromatic rings. The molecule has 0 aromatic heterocycles. The van der Waals surface area contributed by atoms with Gasteiger partial charge in [0.1, 0.15) is 0 Å². The molecule has 3 aliphatic rings. The third-order valence-corrected chi connectivity index (χ3v) is 3.64.